The summed E-state index contributed by atoms with van der Waals surface area (Å²) in [5, 5.41) is 10.3. The number of aryl methyl sites for hydroxylation is 1. The van der Waals surface area contributed by atoms with E-state index in [2.05, 4.69) is 15.9 Å². The SMILES string of the molecule is Cc1ccc(C(O)C2CCCOC2)c(Br)c1. The lowest BCUT2D eigenvalue weighted by Gasteiger charge is -2.27. The Balaban J connectivity index is 2.15. The zero-order chi connectivity index (χ0) is 11.5. The van der Waals surface area contributed by atoms with E-state index in [1.54, 1.807) is 0 Å². The third-order valence-corrected chi connectivity index (χ3v) is 3.80. The number of aliphatic hydroxyl groups excluding tert-OH is 1. The van der Waals surface area contributed by atoms with E-state index < -0.39 is 6.10 Å². The molecule has 1 saturated heterocycles. The van der Waals surface area contributed by atoms with Crippen LogP contribution >= 0.6 is 15.9 Å². The smallest absolute Gasteiger partial charge is 0.0851 e. The highest BCUT2D eigenvalue weighted by molar-refractivity contribution is 9.10. The summed E-state index contributed by atoms with van der Waals surface area (Å²) in [5.41, 5.74) is 2.17. The molecule has 2 atom stereocenters. The molecule has 3 heteroatoms. The average molecular weight is 285 g/mol. The Morgan fingerprint density at radius 2 is 2.31 bits per heavy atom. The van der Waals surface area contributed by atoms with Crippen LogP contribution in [0, 0.1) is 12.8 Å². The van der Waals surface area contributed by atoms with Crippen molar-refractivity contribution < 1.29 is 9.84 Å². The maximum atomic E-state index is 10.3. The summed E-state index contributed by atoms with van der Waals surface area (Å²) >= 11 is 3.51. The highest BCUT2D eigenvalue weighted by atomic mass is 79.9. The first-order valence-electron chi connectivity index (χ1n) is 5.70. The van der Waals surface area contributed by atoms with Crippen LogP contribution in [-0.4, -0.2) is 18.3 Å². The van der Waals surface area contributed by atoms with E-state index >= 15 is 0 Å². The summed E-state index contributed by atoms with van der Waals surface area (Å²) in [5.74, 6) is 0.229. The molecule has 2 rings (SSSR count). The van der Waals surface area contributed by atoms with Gasteiger partial charge in [-0.05, 0) is 37.0 Å². The summed E-state index contributed by atoms with van der Waals surface area (Å²) in [6, 6.07) is 6.08. The van der Waals surface area contributed by atoms with Gasteiger partial charge in [-0.3, -0.25) is 0 Å². The van der Waals surface area contributed by atoms with Crippen molar-refractivity contribution in [2.45, 2.75) is 25.9 Å². The van der Waals surface area contributed by atoms with Crippen LogP contribution < -0.4 is 0 Å². The lowest BCUT2D eigenvalue weighted by atomic mass is 9.91. The molecule has 2 nitrogen and oxygen atoms in total. The molecule has 1 aliphatic rings. The zero-order valence-electron chi connectivity index (χ0n) is 9.45. The van der Waals surface area contributed by atoms with Crippen LogP contribution in [0.15, 0.2) is 22.7 Å². The van der Waals surface area contributed by atoms with E-state index in [1.165, 1.54) is 5.56 Å². The molecule has 0 amide bonds. The van der Waals surface area contributed by atoms with Crippen molar-refractivity contribution in [1.29, 1.82) is 0 Å². The topological polar surface area (TPSA) is 29.5 Å². The number of halogens is 1. The molecular formula is C13H17BrO2. The molecule has 88 valence electrons. The second-order valence-electron chi connectivity index (χ2n) is 4.45. The van der Waals surface area contributed by atoms with Crippen molar-refractivity contribution in [3.63, 3.8) is 0 Å². The third-order valence-electron chi connectivity index (χ3n) is 3.12. The molecule has 0 spiro atoms. The number of hydrogen-bond acceptors (Lipinski definition) is 2. The number of hydrogen-bond donors (Lipinski definition) is 1. The predicted molar refractivity (Wildman–Crippen MR) is 67.4 cm³/mol. The van der Waals surface area contributed by atoms with Gasteiger partial charge in [0.25, 0.3) is 0 Å². The summed E-state index contributed by atoms with van der Waals surface area (Å²) in [7, 11) is 0. The van der Waals surface area contributed by atoms with Gasteiger partial charge in [-0.15, -0.1) is 0 Å². The first-order valence-corrected chi connectivity index (χ1v) is 6.49. The van der Waals surface area contributed by atoms with Crippen LogP contribution in [0.3, 0.4) is 0 Å². The third kappa shape index (κ3) is 2.65. The maximum Gasteiger partial charge on any atom is 0.0851 e. The zero-order valence-corrected chi connectivity index (χ0v) is 11.0. The summed E-state index contributed by atoms with van der Waals surface area (Å²) in [6.07, 6.45) is 1.67. The monoisotopic (exact) mass is 284 g/mol. The molecule has 1 N–H and O–H groups in total. The van der Waals surface area contributed by atoms with E-state index in [0.29, 0.717) is 6.61 Å². The minimum atomic E-state index is -0.421. The molecule has 1 aliphatic heterocycles. The van der Waals surface area contributed by atoms with Crippen molar-refractivity contribution in [1.82, 2.24) is 0 Å². The van der Waals surface area contributed by atoms with Crippen LogP contribution in [0.1, 0.15) is 30.1 Å². The Bertz CT molecular complexity index is 359. The molecule has 16 heavy (non-hydrogen) atoms. The first-order chi connectivity index (χ1) is 7.68. The second kappa shape index (κ2) is 5.30. The Morgan fingerprint density at radius 1 is 1.50 bits per heavy atom. The summed E-state index contributed by atoms with van der Waals surface area (Å²) < 4.78 is 6.40. The van der Waals surface area contributed by atoms with Crippen LogP contribution in [0.5, 0.6) is 0 Å². The number of aliphatic hydroxyl groups is 1. The first kappa shape index (κ1) is 12.1. The Hall–Kier alpha value is -0.380. The van der Waals surface area contributed by atoms with Crippen molar-refractivity contribution >= 4 is 15.9 Å². The minimum Gasteiger partial charge on any atom is -0.388 e. The molecule has 0 saturated carbocycles. The van der Waals surface area contributed by atoms with Gasteiger partial charge < -0.3 is 9.84 Å². The summed E-state index contributed by atoms with van der Waals surface area (Å²) in [4.78, 5) is 0. The molecule has 0 radical (unpaired) electrons. The number of benzene rings is 1. The predicted octanol–water partition coefficient (Wildman–Crippen LogP) is 3.22. The second-order valence-corrected chi connectivity index (χ2v) is 5.30. The highest BCUT2D eigenvalue weighted by Crippen LogP contribution is 2.33. The lowest BCUT2D eigenvalue weighted by Crippen LogP contribution is -2.23. The number of ether oxygens (including phenoxy) is 1. The van der Waals surface area contributed by atoms with Gasteiger partial charge in [-0.25, -0.2) is 0 Å². The van der Waals surface area contributed by atoms with Crippen LogP contribution in [0.4, 0.5) is 0 Å². The van der Waals surface area contributed by atoms with Crippen molar-refractivity contribution in [3.05, 3.63) is 33.8 Å². The van der Waals surface area contributed by atoms with Crippen molar-refractivity contribution in [2.24, 2.45) is 5.92 Å². The fraction of sp³-hybridized carbons (Fsp3) is 0.538. The van der Waals surface area contributed by atoms with Crippen LogP contribution in [-0.2, 0) is 4.74 Å². The van der Waals surface area contributed by atoms with Gasteiger partial charge in [0.15, 0.2) is 0 Å². The molecule has 1 heterocycles. The maximum absolute atomic E-state index is 10.3. The van der Waals surface area contributed by atoms with Crippen molar-refractivity contribution in [3.8, 4) is 0 Å². The fourth-order valence-electron chi connectivity index (χ4n) is 2.14. The normalized spacial score (nSPS) is 23.1. The fourth-order valence-corrected chi connectivity index (χ4v) is 2.87. The Morgan fingerprint density at radius 3 is 2.94 bits per heavy atom. The average Bonchev–Trinajstić information content (AvgIpc) is 2.29. The summed E-state index contributed by atoms with van der Waals surface area (Å²) in [6.45, 7) is 3.55. The van der Waals surface area contributed by atoms with Gasteiger partial charge in [0.1, 0.15) is 0 Å². The van der Waals surface area contributed by atoms with E-state index in [1.807, 2.05) is 25.1 Å². The van der Waals surface area contributed by atoms with Gasteiger partial charge in [0, 0.05) is 17.0 Å². The standard InChI is InChI=1S/C13H17BrO2/c1-9-4-5-11(12(14)7-9)13(15)10-3-2-6-16-8-10/h4-5,7,10,13,15H,2-3,6,8H2,1H3. The molecular weight excluding hydrogens is 268 g/mol. The van der Waals surface area contributed by atoms with E-state index in [9.17, 15) is 5.11 Å². The molecule has 0 aromatic heterocycles. The quantitative estimate of drug-likeness (QED) is 0.904. The van der Waals surface area contributed by atoms with Gasteiger partial charge in [0.05, 0.1) is 12.7 Å². The van der Waals surface area contributed by atoms with Gasteiger partial charge in [-0.2, -0.15) is 0 Å². The number of rotatable bonds is 2. The van der Waals surface area contributed by atoms with Crippen LogP contribution in [0.25, 0.3) is 0 Å². The van der Waals surface area contributed by atoms with Crippen LogP contribution in [0.2, 0.25) is 0 Å². The van der Waals surface area contributed by atoms with E-state index in [0.717, 1.165) is 29.5 Å². The molecule has 0 bridgehead atoms. The largest absolute Gasteiger partial charge is 0.388 e. The lowest BCUT2D eigenvalue weighted by molar-refractivity contribution is -0.0102. The minimum absolute atomic E-state index is 0.229. The Labute approximate surface area is 105 Å². The van der Waals surface area contributed by atoms with Crippen molar-refractivity contribution in [2.75, 3.05) is 13.2 Å². The molecule has 1 aromatic rings. The van der Waals surface area contributed by atoms with E-state index in [-0.39, 0.29) is 5.92 Å². The highest BCUT2D eigenvalue weighted by Gasteiger charge is 2.24. The molecule has 0 aliphatic carbocycles. The Kier molecular flexibility index (Phi) is 4.00. The van der Waals surface area contributed by atoms with Gasteiger partial charge in [0.2, 0.25) is 0 Å². The molecule has 1 aromatic carbocycles. The van der Waals surface area contributed by atoms with E-state index in [4.69, 9.17) is 4.74 Å². The van der Waals surface area contributed by atoms with Gasteiger partial charge in [-0.1, -0.05) is 28.1 Å². The molecule has 1 fully saturated rings. The van der Waals surface area contributed by atoms with Gasteiger partial charge >= 0.3 is 0 Å². The molecule has 2 unspecified atom stereocenters.